The lowest BCUT2D eigenvalue weighted by molar-refractivity contribution is 0.174. The van der Waals surface area contributed by atoms with Crippen molar-refractivity contribution < 1.29 is 9.47 Å². The summed E-state index contributed by atoms with van der Waals surface area (Å²) in [5.41, 5.74) is 4.89. The van der Waals surface area contributed by atoms with E-state index in [0.717, 1.165) is 67.7 Å². The van der Waals surface area contributed by atoms with Crippen LogP contribution in [0.4, 0.5) is 5.69 Å². The number of hydrogen-bond donors (Lipinski definition) is 1. The third-order valence-electron chi connectivity index (χ3n) is 6.41. The standard InChI is InChI=1S/C24H28ClN5O2/c1-26-20-7-9-22(18-5-3-4-17(18)20)32-13-12-29-10-11-30-23(15-29)27-28-24(30)19-14-16(25)6-8-21(19)31-2/h6-9,14,26H,3-5,10-13,15H2,1-2H3. The van der Waals surface area contributed by atoms with Crippen molar-refractivity contribution in [2.24, 2.45) is 0 Å². The fourth-order valence-corrected chi connectivity index (χ4v) is 4.95. The molecule has 0 fully saturated rings. The predicted molar refractivity (Wildman–Crippen MR) is 126 cm³/mol. The fourth-order valence-electron chi connectivity index (χ4n) is 4.78. The Balaban J connectivity index is 1.24. The molecule has 5 rings (SSSR count). The lowest BCUT2D eigenvalue weighted by Crippen LogP contribution is -2.36. The number of nitrogens with one attached hydrogen (secondary N) is 1. The van der Waals surface area contributed by atoms with Crippen LogP contribution in [0.2, 0.25) is 5.02 Å². The molecule has 2 aromatic carbocycles. The van der Waals surface area contributed by atoms with Crippen LogP contribution in [0.25, 0.3) is 11.4 Å². The summed E-state index contributed by atoms with van der Waals surface area (Å²) >= 11 is 6.22. The van der Waals surface area contributed by atoms with Gasteiger partial charge in [-0.15, -0.1) is 10.2 Å². The summed E-state index contributed by atoms with van der Waals surface area (Å²) in [5, 5.41) is 12.8. The van der Waals surface area contributed by atoms with Crippen molar-refractivity contribution in [3.63, 3.8) is 0 Å². The van der Waals surface area contributed by atoms with E-state index in [4.69, 9.17) is 21.1 Å². The number of rotatable bonds is 7. The van der Waals surface area contributed by atoms with Gasteiger partial charge in [-0.1, -0.05) is 11.6 Å². The van der Waals surface area contributed by atoms with E-state index >= 15 is 0 Å². The number of benzene rings is 2. The molecule has 0 radical (unpaired) electrons. The van der Waals surface area contributed by atoms with E-state index in [1.54, 1.807) is 7.11 Å². The molecule has 0 spiro atoms. The molecule has 0 saturated carbocycles. The number of halogens is 1. The van der Waals surface area contributed by atoms with Gasteiger partial charge in [-0.05, 0) is 60.7 Å². The Morgan fingerprint density at radius 3 is 2.75 bits per heavy atom. The molecular weight excluding hydrogens is 426 g/mol. The molecule has 32 heavy (non-hydrogen) atoms. The smallest absolute Gasteiger partial charge is 0.167 e. The van der Waals surface area contributed by atoms with Gasteiger partial charge in [-0.25, -0.2) is 0 Å². The van der Waals surface area contributed by atoms with Gasteiger partial charge in [-0.2, -0.15) is 0 Å². The number of hydrogen-bond acceptors (Lipinski definition) is 6. The molecule has 8 heteroatoms. The van der Waals surface area contributed by atoms with Gasteiger partial charge in [0.05, 0.1) is 19.2 Å². The van der Waals surface area contributed by atoms with E-state index in [1.807, 2.05) is 25.2 Å². The Kier molecular flexibility index (Phi) is 5.93. The van der Waals surface area contributed by atoms with Gasteiger partial charge in [0.1, 0.15) is 23.9 Å². The normalized spacial score (nSPS) is 15.3. The zero-order valence-electron chi connectivity index (χ0n) is 18.5. The number of fused-ring (bicyclic) bond motifs is 2. The maximum Gasteiger partial charge on any atom is 0.167 e. The molecule has 3 aromatic rings. The Labute approximate surface area is 193 Å². The Morgan fingerprint density at radius 2 is 1.91 bits per heavy atom. The lowest BCUT2D eigenvalue weighted by atomic mass is 10.1. The van der Waals surface area contributed by atoms with Crippen LogP contribution in [0.3, 0.4) is 0 Å². The largest absolute Gasteiger partial charge is 0.496 e. The van der Waals surface area contributed by atoms with Crippen molar-refractivity contribution in [2.45, 2.75) is 32.4 Å². The first-order valence-corrected chi connectivity index (χ1v) is 11.5. The highest BCUT2D eigenvalue weighted by atomic mass is 35.5. The highest BCUT2D eigenvalue weighted by molar-refractivity contribution is 6.30. The first kappa shape index (κ1) is 21.1. The van der Waals surface area contributed by atoms with Gasteiger partial charge in [0.25, 0.3) is 0 Å². The molecule has 0 atom stereocenters. The third kappa shape index (κ3) is 3.91. The molecule has 7 nitrogen and oxygen atoms in total. The Hall–Kier alpha value is -2.77. The molecule has 0 bridgehead atoms. The van der Waals surface area contributed by atoms with Crippen LogP contribution in [0.15, 0.2) is 30.3 Å². The summed E-state index contributed by atoms with van der Waals surface area (Å²) in [7, 11) is 3.64. The number of nitrogens with zero attached hydrogens (tertiary/aromatic N) is 4. The minimum Gasteiger partial charge on any atom is -0.496 e. The highest BCUT2D eigenvalue weighted by Gasteiger charge is 2.24. The molecule has 1 aromatic heterocycles. The van der Waals surface area contributed by atoms with Crippen LogP contribution >= 0.6 is 11.6 Å². The second-order valence-electron chi connectivity index (χ2n) is 8.23. The SMILES string of the molecule is CNc1ccc(OCCN2CCn3c(nnc3-c3cc(Cl)ccc3OC)C2)c2c1CCC2. The zero-order valence-corrected chi connectivity index (χ0v) is 19.3. The summed E-state index contributed by atoms with van der Waals surface area (Å²) in [5.74, 6) is 3.53. The third-order valence-corrected chi connectivity index (χ3v) is 6.65. The molecule has 1 aliphatic heterocycles. The van der Waals surface area contributed by atoms with Crippen molar-refractivity contribution in [2.75, 3.05) is 39.2 Å². The molecule has 0 saturated heterocycles. The maximum absolute atomic E-state index is 6.22. The van der Waals surface area contributed by atoms with Crippen LogP contribution in [0.1, 0.15) is 23.4 Å². The van der Waals surface area contributed by atoms with E-state index < -0.39 is 0 Å². The average Bonchev–Trinajstić information content (AvgIpc) is 3.46. The molecular formula is C24H28ClN5O2. The van der Waals surface area contributed by atoms with Crippen LogP contribution in [0.5, 0.6) is 11.5 Å². The molecule has 0 unspecified atom stereocenters. The average molecular weight is 454 g/mol. The van der Waals surface area contributed by atoms with Crippen LogP contribution < -0.4 is 14.8 Å². The molecule has 0 amide bonds. The van der Waals surface area contributed by atoms with Gasteiger partial charge in [0, 0.05) is 37.4 Å². The molecule has 2 aliphatic rings. The Morgan fingerprint density at radius 1 is 1.06 bits per heavy atom. The van der Waals surface area contributed by atoms with E-state index in [9.17, 15) is 0 Å². The Bertz CT molecular complexity index is 1130. The van der Waals surface area contributed by atoms with Crippen LogP contribution in [0, 0.1) is 0 Å². The van der Waals surface area contributed by atoms with E-state index in [0.29, 0.717) is 11.6 Å². The summed E-state index contributed by atoms with van der Waals surface area (Å²) in [4.78, 5) is 2.37. The minimum atomic E-state index is 0.655. The van der Waals surface area contributed by atoms with Gasteiger partial charge < -0.3 is 19.4 Å². The van der Waals surface area contributed by atoms with Crippen LogP contribution in [-0.2, 0) is 25.9 Å². The predicted octanol–water partition coefficient (Wildman–Crippen LogP) is 4.03. The van der Waals surface area contributed by atoms with Crippen molar-refractivity contribution in [1.82, 2.24) is 19.7 Å². The molecule has 168 valence electrons. The summed E-state index contributed by atoms with van der Waals surface area (Å²) in [6, 6.07) is 9.81. The van der Waals surface area contributed by atoms with Crippen molar-refractivity contribution in [3.8, 4) is 22.9 Å². The topological polar surface area (TPSA) is 64.4 Å². The first-order chi connectivity index (χ1) is 15.7. The zero-order chi connectivity index (χ0) is 22.1. The summed E-state index contributed by atoms with van der Waals surface area (Å²) < 4.78 is 13.9. The number of methoxy groups -OCH3 is 1. The fraction of sp³-hybridized carbons (Fsp3) is 0.417. The molecule has 1 aliphatic carbocycles. The van der Waals surface area contributed by atoms with Gasteiger partial charge >= 0.3 is 0 Å². The first-order valence-electron chi connectivity index (χ1n) is 11.1. The summed E-state index contributed by atoms with van der Waals surface area (Å²) in [6.07, 6.45) is 3.43. The van der Waals surface area contributed by atoms with Gasteiger partial charge in [0.15, 0.2) is 5.82 Å². The number of ether oxygens (including phenoxy) is 2. The monoisotopic (exact) mass is 453 g/mol. The second-order valence-corrected chi connectivity index (χ2v) is 8.67. The van der Waals surface area contributed by atoms with Gasteiger partial charge in [0.2, 0.25) is 0 Å². The quantitative estimate of drug-likeness (QED) is 0.582. The second kappa shape index (κ2) is 9.00. The van der Waals surface area contributed by atoms with E-state index in [-0.39, 0.29) is 0 Å². The van der Waals surface area contributed by atoms with Crippen molar-refractivity contribution in [3.05, 3.63) is 52.3 Å². The molecule has 1 N–H and O–H groups in total. The van der Waals surface area contributed by atoms with E-state index in [2.05, 4.69) is 37.1 Å². The maximum atomic E-state index is 6.22. The van der Waals surface area contributed by atoms with Crippen molar-refractivity contribution in [1.29, 1.82) is 0 Å². The van der Waals surface area contributed by atoms with E-state index in [1.165, 1.54) is 23.2 Å². The number of aromatic nitrogens is 3. The minimum absolute atomic E-state index is 0.655. The van der Waals surface area contributed by atoms with Gasteiger partial charge in [-0.3, -0.25) is 4.90 Å². The number of anilines is 1. The lowest BCUT2D eigenvalue weighted by Gasteiger charge is -2.28. The molecule has 2 heterocycles. The van der Waals surface area contributed by atoms with Crippen LogP contribution in [-0.4, -0.2) is 53.5 Å². The summed E-state index contributed by atoms with van der Waals surface area (Å²) in [6.45, 7) is 4.00. The highest BCUT2D eigenvalue weighted by Crippen LogP contribution is 2.36. The van der Waals surface area contributed by atoms with Crippen molar-refractivity contribution >= 4 is 17.3 Å².